The van der Waals surface area contributed by atoms with Crippen molar-refractivity contribution in [3.05, 3.63) is 120 Å². The number of benzene rings is 5. The molecule has 0 aromatic heterocycles. The normalized spacial score (nSPS) is 17.2. The third kappa shape index (κ3) is 3.48. The lowest BCUT2D eigenvalue weighted by atomic mass is 10.0. The van der Waals surface area contributed by atoms with Crippen LogP contribution in [0.4, 0.5) is 34.1 Å². The van der Waals surface area contributed by atoms with E-state index in [-0.39, 0.29) is 0 Å². The summed E-state index contributed by atoms with van der Waals surface area (Å²) in [6, 6.07) is 34.3. The molecule has 2 aliphatic heterocycles. The third-order valence-corrected chi connectivity index (χ3v) is 10.6. The molecule has 192 valence electrons. The standard InChI is InChI=1S/C33H26N2O2S2/c1-21-11-8-19-30-32(21)34(26-13-4-6-17-28(26)38(30)36)24-15-10-16-25(23(24)3)35-27-14-5-7-18-29(27)39(37)31-20-9-12-22(2)33(31)35/h4-20H,1-3H3. The number of hydrogen-bond donors (Lipinski definition) is 0. The van der Waals surface area contributed by atoms with Crippen LogP contribution in [0.5, 0.6) is 0 Å². The topological polar surface area (TPSA) is 40.6 Å². The van der Waals surface area contributed by atoms with Crippen LogP contribution in [0, 0.1) is 20.8 Å². The van der Waals surface area contributed by atoms with E-state index in [1.54, 1.807) is 0 Å². The molecule has 0 radical (unpaired) electrons. The summed E-state index contributed by atoms with van der Waals surface area (Å²) in [6.07, 6.45) is 0. The van der Waals surface area contributed by atoms with Crippen molar-refractivity contribution in [2.45, 2.75) is 40.4 Å². The van der Waals surface area contributed by atoms with Crippen molar-refractivity contribution in [3.8, 4) is 0 Å². The molecule has 0 fully saturated rings. The molecule has 5 aromatic carbocycles. The maximum Gasteiger partial charge on any atom is 0.0892 e. The Labute approximate surface area is 233 Å². The monoisotopic (exact) mass is 546 g/mol. The number of hydrogen-bond acceptors (Lipinski definition) is 4. The van der Waals surface area contributed by atoms with Gasteiger partial charge in [-0.2, -0.15) is 0 Å². The van der Waals surface area contributed by atoms with Crippen LogP contribution in [-0.4, -0.2) is 8.42 Å². The molecule has 6 heteroatoms. The van der Waals surface area contributed by atoms with Gasteiger partial charge in [0.05, 0.1) is 75.3 Å². The minimum atomic E-state index is -1.26. The van der Waals surface area contributed by atoms with Gasteiger partial charge in [-0.1, -0.05) is 54.6 Å². The van der Waals surface area contributed by atoms with Crippen LogP contribution in [0.2, 0.25) is 0 Å². The van der Waals surface area contributed by atoms with E-state index in [4.69, 9.17) is 0 Å². The number of nitrogens with zero attached hydrogens (tertiary/aromatic N) is 2. The summed E-state index contributed by atoms with van der Waals surface area (Å²) in [6.45, 7) is 6.29. The van der Waals surface area contributed by atoms with Crippen LogP contribution in [0.25, 0.3) is 0 Å². The van der Waals surface area contributed by atoms with Gasteiger partial charge in [0.2, 0.25) is 0 Å². The van der Waals surface area contributed by atoms with Crippen molar-refractivity contribution >= 4 is 55.7 Å². The highest BCUT2D eigenvalue weighted by Gasteiger charge is 2.34. The molecule has 5 aromatic rings. The second-order valence-corrected chi connectivity index (χ2v) is 12.7. The summed E-state index contributed by atoms with van der Waals surface area (Å²) in [5, 5.41) is 0. The van der Waals surface area contributed by atoms with Crippen molar-refractivity contribution < 1.29 is 8.42 Å². The van der Waals surface area contributed by atoms with E-state index in [1.165, 1.54) is 0 Å². The Hall–Kier alpha value is -4.00. The van der Waals surface area contributed by atoms with Crippen LogP contribution >= 0.6 is 0 Å². The fraction of sp³-hybridized carbons (Fsp3) is 0.0909. The summed E-state index contributed by atoms with van der Waals surface area (Å²) in [7, 11) is -2.53. The van der Waals surface area contributed by atoms with Crippen molar-refractivity contribution in [1.29, 1.82) is 0 Å². The minimum Gasteiger partial charge on any atom is -0.307 e. The van der Waals surface area contributed by atoms with Gasteiger partial charge in [-0.25, -0.2) is 8.42 Å². The largest absolute Gasteiger partial charge is 0.307 e. The van der Waals surface area contributed by atoms with Gasteiger partial charge in [-0.15, -0.1) is 0 Å². The SMILES string of the molecule is Cc1cccc2c1N(c1cccc(N3c4ccccc4S(=O)c4cccc(C)c43)c1C)c1ccccc1S2=O. The average Bonchev–Trinajstić information content (AvgIpc) is 2.95. The van der Waals surface area contributed by atoms with Crippen molar-refractivity contribution in [2.75, 3.05) is 9.80 Å². The molecule has 2 aliphatic rings. The van der Waals surface area contributed by atoms with Gasteiger partial charge < -0.3 is 9.80 Å². The molecule has 0 N–H and O–H groups in total. The first kappa shape index (κ1) is 24.1. The van der Waals surface area contributed by atoms with Crippen molar-refractivity contribution in [3.63, 3.8) is 0 Å². The quantitative estimate of drug-likeness (QED) is 0.218. The molecule has 4 nitrogen and oxygen atoms in total. The Balaban J connectivity index is 1.51. The lowest BCUT2D eigenvalue weighted by Crippen LogP contribution is -2.23. The second kappa shape index (κ2) is 9.04. The van der Waals surface area contributed by atoms with Gasteiger partial charge in [0.25, 0.3) is 0 Å². The summed E-state index contributed by atoms with van der Waals surface area (Å²) in [4.78, 5) is 7.76. The lowest BCUT2D eigenvalue weighted by molar-refractivity contribution is 0.681. The highest BCUT2D eigenvalue weighted by atomic mass is 32.2. The fourth-order valence-corrected chi connectivity index (χ4v) is 8.64. The van der Waals surface area contributed by atoms with Crippen LogP contribution in [0.3, 0.4) is 0 Å². The number of para-hydroxylation sites is 4. The molecule has 0 spiro atoms. The fourth-order valence-electron chi connectivity index (χ4n) is 5.81. The van der Waals surface area contributed by atoms with Gasteiger partial charge in [0.1, 0.15) is 0 Å². The zero-order chi connectivity index (χ0) is 26.8. The predicted octanol–water partition coefficient (Wildman–Crippen LogP) is 8.51. The molecule has 39 heavy (non-hydrogen) atoms. The zero-order valence-electron chi connectivity index (χ0n) is 21.8. The molecule has 7 rings (SSSR count). The van der Waals surface area contributed by atoms with E-state index in [0.29, 0.717) is 0 Å². The maximum absolute atomic E-state index is 13.6. The minimum absolute atomic E-state index is 0.806. The molecule has 0 bridgehead atoms. The first-order chi connectivity index (χ1) is 19.0. The number of rotatable bonds is 2. The Morgan fingerprint density at radius 3 is 1.26 bits per heavy atom. The Kier molecular flexibility index (Phi) is 5.58. The van der Waals surface area contributed by atoms with Gasteiger partial charge in [-0.3, -0.25) is 0 Å². The number of anilines is 6. The molecule has 0 aliphatic carbocycles. The van der Waals surface area contributed by atoms with Crippen LogP contribution in [0.15, 0.2) is 123 Å². The van der Waals surface area contributed by atoms with Gasteiger partial charge >= 0.3 is 0 Å². The van der Waals surface area contributed by atoms with E-state index in [2.05, 4.69) is 60.9 Å². The van der Waals surface area contributed by atoms with E-state index in [9.17, 15) is 8.42 Å². The summed E-state index contributed by atoms with van der Waals surface area (Å²) < 4.78 is 27.3. The molecule has 0 amide bonds. The second-order valence-electron chi connectivity index (χ2n) is 9.91. The van der Waals surface area contributed by atoms with E-state index < -0.39 is 21.6 Å². The highest BCUT2D eigenvalue weighted by Crippen LogP contribution is 2.53. The number of fused-ring (bicyclic) bond motifs is 4. The molecule has 0 saturated carbocycles. The van der Waals surface area contributed by atoms with Gasteiger partial charge in [0, 0.05) is 0 Å². The summed E-state index contributed by atoms with van der Waals surface area (Å²) in [5.41, 5.74) is 9.03. The first-order valence-corrected chi connectivity index (χ1v) is 15.2. The maximum atomic E-state index is 13.6. The van der Waals surface area contributed by atoms with E-state index >= 15 is 0 Å². The molecule has 2 atom stereocenters. The van der Waals surface area contributed by atoms with Crippen LogP contribution in [0.1, 0.15) is 16.7 Å². The molecular weight excluding hydrogens is 521 g/mol. The van der Waals surface area contributed by atoms with Gasteiger partial charge in [0.15, 0.2) is 0 Å². The summed E-state index contributed by atoms with van der Waals surface area (Å²) in [5.74, 6) is 0. The van der Waals surface area contributed by atoms with Crippen LogP contribution < -0.4 is 9.80 Å². The summed E-state index contributed by atoms with van der Waals surface area (Å²) >= 11 is 0. The number of aryl methyl sites for hydroxylation is 2. The van der Waals surface area contributed by atoms with Gasteiger partial charge in [-0.05, 0) is 86.0 Å². The molecule has 2 heterocycles. The smallest absolute Gasteiger partial charge is 0.0892 e. The van der Waals surface area contributed by atoms with E-state index in [1.807, 2.05) is 72.8 Å². The van der Waals surface area contributed by atoms with Crippen molar-refractivity contribution in [1.82, 2.24) is 0 Å². The Morgan fingerprint density at radius 2 is 0.795 bits per heavy atom. The Morgan fingerprint density at radius 1 is 0.436 bits per heavy atom. The Bertz CT molecular complexity index is 1730. The molecular formula is C33H26N2O2S2. The third-order valence-electron chi connectivity index (χ3n) is 7.62. The lowest BCUT2D eigenvalue weighted by Gasteiger charge is -2.38. The molecule has 2 unspecified atom stereocenters. The van der Waals surface area contributed by atoms with Crippen molar-refractivity contribution in [2.24, 2.45) is 0 Å². The molecule has 0 saturated heterocycles. The van der Waals surface area contributed by atoms with E-state index in [0.717, 1.165) is 70.4 Å². The first-order valence-electron chi connectivity index (χ1n) is 12.9. The average molecular weight is 547 g/mol. The highest BCUT2D eigenvalue weighted by molar-refractivity contribution is 7.85. The zero-order valence-corrected chi connectivity index (χ0v) is 23.5. The predicted molar refractivity (Wildman–Crippen MR) is 159 cm³/mol. The van der Waals surface area contributed by atoms with Crippen LogP contribution in [-0.2, 0) is 21.6 Å².